The Morgan fingerprint density at radius 3 is 2.71 bits per heavy atom. The first-order valence-electron chi connectivity index (χ1n) is 7.89. The van der Waals surface area contributed by atoms with Gasteiger partial charge in [-0.2, -0.15) is 0 Å². The number of aliphatic hydroxyl groups excluding tert-OH is 2. The molecule has 21 heavy (non-hydrogen) atoms. The minimum atomic E-state index is -0.900. The molecule has 0 bridgehead atoms. The first-order valence-corrected chi connectivity index (χ1v) is 7.89. The van der Waals surface area contributed by atoms with E-state index >= 15 is 0 Å². The Bertz CT molecular complexity index is 328. The van der Waals surface area contributed by atoms with Crippen molar-refractivity contribution in [3.8, 4) is 0 Å². The molecule has 0 radical (unpaired) electrons. The molecule has 0 amide bonds. The molecule has 6 nitrogen and oxygen atoms in total. The Morgan fingerprint density at radius 1 is 1.29 bits per heavy atom. The highest BCUT2D eigenvalue weighted by Crippen LogP contribution is 2.40. The topological polar surface area (TPSA) is 96.2 Å². The van der Waals surface area contributed by atoms with Gasteiger partial charge in [0.2, 0.25) is 0 Å². The number of hydrogen-bond acceptors (Lipinski definition) is 5. The van der Waals surface area contributed by atoms with E-state index in [1.54, 1.807) is 0 Å². The van der Waals surface area contributed by atoms with Gasteiger partial charge in [-0.1, -0.05) is 0 Å². The van der Waals surface area contributed by atoms with Gasteiger partial charge < -0.3 is 24.8 Å². The standard InChI is InChI=1S/C15H26O6/c16-6-3-4-10-11(8-14(18)19)12(17)9-13(10)21-15-5-1-2-7-20-15/h10-13,15-17H,1-9H2,(H,18,19). The fraction of sp³-hybridized carbons (Fsp3) is 0.933. The lowest BCUT2D eigenvalue weighted by molar-refractivity contribution is -0.196. The van der Waals surface area contributed by atoms with Crippen LogP contribution in [0.2, 0.25) is 0 Å². The van der Waals surface area contributed by atoms with Gasteiger partial charge in [0.15, 0.2) is 6.29 Å². The molecule has 1 saturated carbocycles. The molecule has 2 fully saturated rings. The van der Waals surface area contributed by atoms with E-state index < -0.39 is 12.1 Å². The lowest BCUT2D eigenvalue weighted by Gasteiger charge is -2.30. The Morgan fingerprint density at radius 2 is 2.10 bits per heavy atom. The first-order chi connectivity index (χ1) is 10.1. The van der Waals surface area contributed by atoms with Crippen LogP contribution in [0.5, 0.6) is 0 Å². The fourth-order valence-electron chi connectivity index (χ4n) is 3.53. The highest BCUT2D eigenvalue weighted by atomic mass is 16.7. The number of aliphatic hydroxyl groups is 2. The molecule has 1 aliphatic carbocycles. The Hall–Kier alpha value is -0.690. The van der Waals surface area contributed by atoms with E-state index in [4.69, 9.17) is 19.7 Å². The van der Waals surface area contributed by atoms with Gasteiger partial charge in [0, 0.05) is 25.6 Å². The summed E-state index contributed by atoms with van der Waals surface area (Å²) in [6, 6.07) is 0. The number of aliphatic carboxylic acids is 1. The van der Waals surface area contributed by atoms with Crippen molar-refractivity contribution in [3.05, 3.63) is 0 Å². The van der Waals surface area contributed by atoms with Crippen LogP contribution in [0.25, 0.3) is 0 Å². The second-order valence-electron chi connectivity index (χ2n) is 6.07. The van der Waals surface area contributed by atoms with E-state index in [0.717, 1.165) is 19.3 Å². The van der Waals surface area contributed by atoms with Crippen LogP contribution in [0.1, 0.15) is 44.9 Å². The molecule has 6 heteroatoms. The van der Waals surface area contributed by atoms with Crippen LogP contribution in [0, 0.1) is 11.8 Å². The van der Waals surface area contributed by atoms with Crippen molar-refractivity contribution in [3.63, 3.8) is 0 Å². The maximum atomic E-state index is 11.0. The first kappa shape index (κ1) is 16.7. The van der Waals surface area contributed by atoms with Crippen LogP contribution in [-0.2, 0) is 14.3 Å². The van der Waals surface area contributed by atoms with Gasteiger partial charge >= 0.3 is 5.97 Å². The van der Waals surface area contributed by atoms with Gasteiger partial charge in [-0.05, 0) is 38.0 Å². The Kier molecular flexibility index (Phi) is 6.41. The van der Waals surface area contributed by atoms with Gasteiger partial charge in [-0.3, -0.25) is 4.79 Å². The molecule has 0 aromatic heterocycles. The van der Waals surface area contributed by atoms with Gasteiger partial charge in [0.25, 0.3) is 0 Å². The fourth-order valence-corrected chi connectivity index (χ4v) is 3.53. The van der Waals surface area contributed by atoms with Gasteiger partial charge in [0.05, 0.1) is 18.6 Å². The van der Waals surface area contributed by atoms with Crippen molar-refractivity contribution in [2.24, 2.45) is 11.8 Å². The smallest absolute Gasteiger partial charge is 0.303 e. The summed E-state index contributed by atoms with van der Waals surface area (Å²) in [5.41, 5.74) is 0. The lowest BCUT2D eigenvalue weighted by Crippen LogP contribution is -2.32. The molecule has 5 atom stereocenters. The third kappa shape index (κ3) is 4.64. The summed E-state index contributed by atoms with van der Waals surface area (Å²) in [5.74, 6) is -1.24. The number of carboxylic acid groups (broad SMARTS) is 1. The maximum Gasteiger partial charge on any atom is 0.303 e. The molecule has 2 aliphatic rings. The zero-order chi connectivity index (χ0) is 15.2. The van der Waals surface area contributed by atoms with Crippen LogP contribution < -0.4 is 0 Å². The lowest BCUT2D eigenvalue weighted by atomic mass is 9.87. The summed E-state index contributed by atoms with van der Waals surface area (Å²) in [6.07, 6.45) is 3.55. The zero-order valence-electron chi connectivity index (χ0n) is 12.3. The molecule has 3 N–H and O–H groups in total. The van der Waals surface area contributed by atoms with E-state index in [0.29, 0.717) is 25.9 Å². The van der Waals surface area contributed by atoms with Crippen LogP contribution in [0.3, 0.4) is 0 Å². The summed E-state index contributed by atoms with van der Waals surface area (Å²) < 4.78 is 11.6. The zero-order valence-corrected chi connectivity index (χ0v) is 12.3. The van der Waals surface area contributed by atoms with Crippen LogP contribution in [-0.4, -0.2) is 53.0 Å². The third-order valence-corrected chi connectivity index (χ3v) is 4.57. The number of hydrogen-bond donors (Lipinski definition) is 3. The normalized spacial score (nSPS) is 36.8. The molecule has 0 aromatic carbocycles. The monoisotopic (exact) mass is 302 g/mol. The maximum absolute atomic E-state index is 11.0. The van der Waals surface area contributed by atoms with E-state index in [-0.39, 0.29) is 37.3 Å². The van der Waals surface area contributed by atoms with Crippen LogP contribution in [0.4, 0.5) is 0 Å². The molecule has 1 heterocycles. The third-order valence-electron chi connectivity index (χ3n) is 4.57. The molecule has 122 valence electrons. The minimum absolute atomic E-state index is 0.0335. The SMILES string of the molecule is O=C(O)CC1C(O)CC(OC2CCCCO2)C1CCCO. The summed E-state index contributed by atoms with van der Waals surface area (Å²) in [5, 5.41) is 28.2. The van der Waals surface area contributed by atoms with Crippen molar-refractivity contribution < 1.29 is 29.6 Å². The highest BCUT2D eigenvalue weighted by molar-refractivity contribution is 5.67. The van der Waals surface area contributed by atoms with E-state index in [1.807, 2.05) is 0 Å². The highest BCUT2D eigenvalue weighted by Gasteiger charge is 2.44. The Labute approximate surface area is 125 Å². The quantitative estimate of drug-likeness (QED) is 0.652. The molecule has 1 aliphatic heterocycles. The molecular weight excluding hydrogens is 276 g/mol. The van der Waals surface area contributed by atoms with E-state index in [1.165, 1.54) is 0 Å². The predicted octanol–water partition coefficient (Wildman–Crippen LogP) is 1.14. The minimum Gasteiger partial charge on any atom is -0.481 e. The van der Waals surface area contributed by atoms with Crippen LogP contribution in [0.15, 0.2) is 0 Å². The van der Waals surface area contributed by atoms with Gasteiger partial charge in [0.1, 0.15) is 0 Å². The van der Waals surface area contributed by atoms with Gasteiger partial charge in [-0.15, -0.1) is 0 Å². The van der Waals surface area contributed by atoms with E-state index in [2.05, 4.69) is 0 Å². The molecule has 1 saturated heterocycles. The molecule has 2 rings (SSSR count). The molecule has 5 unspecified atom stereocenters. The molecule has 0 spiro atoms. The number of carbonyl (C=O) groups is 1. The van der Waals surface area contributed by atoms with Crippen molar-refractivity contribution >= 4 is 5.97 Å². The van der Waals surface area contributed by atoms with Crippen molar-refractivity contribution in [1.82, 2.24) is 0 Å². The van der Waals surface area contributed by atoms with Gasteiger partial charge in [-0.25, -0.2) is 0 Å². The average molecular weight is 302 g/mol. The molecule has 0 aromatic rings. The second-order valence-corrected chi connectivity index (χ2v) is 6.07. The predicted molar refractivity (Wildman–Crippen MR) is 74.6 cm³/mol. The summed E-state index contributed by atoms with van der Waals surface area (Å²) >= 11 is 0. The average Bonchev–Trinajstić information content (AvgIpc) is 2.73. The Balaban J connectivity index is 1.97. The molecular formula is C15H26O6. The summed E-state index contributed by atoms with van der Waals surface area (Å²) in [6.45, 7) is 0.763. The largest absolute Gasteiger partial charge is 0.481 e. The number of ether oxygens (including phenoxy) is 2. The van der Waals surface area contributed by atoms with Crippen molar-refractivity contribution in [2.75, 3.05) is 13.2 Å². The van der Waals surface area contributed by atoms with Crippen molar-refractivity contribution in [2.45, 2.75) is 63.4 Å². The number of rotatable bonds is 7. The summed E-state index contributed by atoms with van der Waals surface area (Å²) in [7, 11) is 0. The summed E-state index contributed by atoms with van der Waals surface area (Å²) in [4.78, 5) is 11.0. The van der Waals surface area contributed by atoms with Crippen LogP contribution >= 0.6 is 0 Å². The number of carboxylic acids is 1. The van der Waals surface area contributed by atoms with Crippen molar-refractivity contribution in [1.29, 1.82) is 0 Å². The second kappa shape index (κ2) is 8.08. The van der Waals surface area contributed by atoms with E-state index in [9.17, 15) is 9.90 Å².